The maximum Gasteiger partial charge on any atom is 0.341 e. The van der Waals surface area contributed by atoms with Gasteiger partial charge in [0, 0.05) is 17.8 Å². The lowest BCUT2D eigenvalue weighted by Crippen LogP contribution is -2.10. The van der Waals surface area contributed by atoms with Crippen molar-refractivity contribution in [3.63, 3.8) is 0 Å². The predicted molar refractivity (Wildman–Crippen MR) is 75.9 cm³/mol. The number of carboxylic acids is 1. The van der Waals surface area contributed by atoms with Crippen LogP contribution in [0.25, 0.3) is 6.08 Å². The molecule has 0 bridgehead atoms. The Morgan fingerprint density at radius 1 is 1.29 bits per heavy atom. The molecule has 0 aliphatic carbocycles. The highest BCUT2D eigenvalue weighted by Gasteiger charge is 2.02. The van der Waals surface area contributed by atoms with Crippen molar-refractivity contribution >= 4 is 23.6 Å². The zero-order valence-electron chi connectivity index (χ0n) is 11.0. The van der Waals surface area contributed by atoms with Crippen LogP contribution in [0, 0.1) is 0 Å². The van der Waals surface area contributed by atoms with E-state index in [1.54, 1.807) is 42.5 Å². The number of amides is 1. The van der Waals surface area contributed by atoms with Gasteiger partial charge in [-0.1, -0.05) is 6.07 Å². The van der Waals surface area contributed by atoms with Gasteiger partial charge in [0.15, 0.2) is 6.61 Å². The number of hydrogen-bond donors (Lipinski definition) is 2. The molecule has 0 saturated carbocycles. The topological polar surface area (TPSA) is 88.8 Å². The highest BCUT2D eigenvalue weighted by atomic mass is 16.5. The Morgan fingerprint density at radius 3 is 2.86 bits per heavy atom. The molecule has 0 unspecified atom stereocenters. The summed E-state index contributed by atoms with van der Waals surface area (Å²) in [6.45, 7) is -0.435. The highest BCUT2D eigenvalue weighted by molar-refractivity contribution is 6.01. The van der Waals surface area contributed by atoms with Crippen molar-refractivity contribution in [3.8, 4) is 5.75 Å². The first-order valence-electron chi connectivity index (χ1n) is 6.11. The molecule has 1 heterocycles. The van der Waals surface area contributed by atoms with Crippen molar-refractivity contribution in [2.24, 2.45) is 0 Å². The molecule has 2 N–H and O–H groups in total. The third kappa shape index (κ3) is 4.87. The van der Waals surface area contributed by atoms with E-state index in [4.69, 9.17) is 14.3 Å². The molecule has 2 aromatic rings. The standard InChI is InChI=1S/C15H13NO5/c17-14(7-6-12-5-2-8-20-12)16-11-3-1-4-13(9-11)21-10-15(18)19/h1-9H,10H2,(H,16,17)(H,18,19). The lowest BCUT2D eigenvalue weighted by Gasteiger charge is -2.06. The Hall–Kier alpha value is -3.02. The molecule has 1 aromatic carbocycles. The first kappa shape index (κ1) is 14.4. The van der Waals surface area contributed by atoms with Crippen LogP contribution in [0.1, 0.15) is 5.76 Å². The van der Waals surface area contributed by atoms with Crippen molar-refractivity contribution in [1.82, 2.24) is 0 Å². The Bertz CT molecular complexity index is 646. The zero-order valence-corrected chi connectivity index (χ0v) is 11.0. The Kier molecular flexibility index (Phi) is 4.76. The average Bonchev–Trinajstić information content (AvgIpc) is 2.97. The molecule has 0 spiro atoms. The monoisotopic (exact) mass is 287 g/mol. The lowest BCUT2D eigenvalue weighted by molar-refractivity contribution is -0.139. The second-order valence-electron chi connectivity index (χ2n) is 4.05. The first-order valence-corrected chi connectivity index (χ1v) is 6.11. The number of ether oxygens (including phenoxy) is 1. The molecular weight excluding hydrogens is 274 g/mol. The number of rotatable bonds is 6. The van der Waals surface area contributed by atoms with Crippen LogP contribution in [0.4, 0.5) is 5.69 Å². The van der Waals surface area contributed by atoms with Crippen molar-refractivity contribution in [2.45, 2.75) is 0 Å². The van der Waals surface area contributed by atoms with Gasteiger partial charge in [-0.25, -0.2) is 4.79 Å². The van der Waals surface area contributed by atoms with Crippen LogP contribution in [0.3, 0.4) is 0 Å². The normalized spacial score (nSPS) is 10.5. The molecule has 0 saturated heterocycles. The van der Waals surface area contributed by atoms with Gasteiger partial charge in [0.1, 0.15) is 11.5 Å². The summed E-state index contributed by atoms with van der Waals surface area (Å²) in [5.74, 6) is -0.457. The minimum atomic E-state index is -1.06. The summed E-state index contributed by atoms with van der Waals surface area (Å²) in [6, 6.07) is 9.93. The van der Waals surface area contributed by atoms with Gasteiger partial charge in [-0.15, -0.1) is 0 Å². The number of nitrogens with one attached hydrogen (secondary N) is 1. The van der Waals surface area contributed by atoms with Gasteiger partial charge in [-0.2, -0.15) is 0 Å². The van der Waals surface area contributed by atoms with Crippen LogP contribution in [0.2, 0.25) is 0 Å². The number of carboxylic acid groups (broad SMARTS) is 1. The molecular formula is C15H13NO5. The van der Waals surface area contributed by atoms with Crippen LogP contribution in [-0.2, 0) is 9.59 Å². The zero-order chi connectivity index (χ0) is 15.1. The molecule has 21 heavy (non-hydrogen) atoms. The quantitative estimate of drug-likeness (QED) is 0.796. The van der Waals surface area contributed by atoms with Gasteiger partial charge in [-0.05, 0) is 30.3 Å². The van der Waals surface area contributed by atoms with Crippen LogP contribution in [-0.4, -0.2) is 23.6 Å². The number of hydrogen-bond acceptors (Lipinski definition) is 4. The van der Waals surface area contributed by atoms with Crippen LogP contribution in [0.5, 0.6) is 5.75 Å². The second kappa shape index (κ2) is 6.95. The summed E-state index contributed by atoms with van der Waals surface area (Å²) in [4.78, 5) is 22.1. The second-order valence-corrected chi connectivity index (χ2v) is 4.05. The summed E-state index contributed by atoms with van der Waals surface area (Å²) < 4.78 is 10.1. The van der Waals surface area contributed by atoms with Gasteiger partial charge in [0.25, 0.3) is 0 Å². The van der Waals surface area contributed by atoms with Crippen molar-refractivity contribution in [2.75, 3.05) is 11.9 Å². The summed E-state index contributed by atoms with van der Waals surface area (Å²) in [5.41, 5.74) is 0.506. The molecule has 1 aromatic heterocycles. The molecule has 6 heteroatoms. The molecule has 6 nitrogen and oxygen atoms in total. The highest BCUT2D eigenvalue weighted by Crippen LogP contribution is 2.17. The van der Waals surface area contributed by atoms with Crippen molar-refractivity contribution in [3.05, 3.63) is 54.5 Å². The van der Waals surface area contributed by atoms with E-state index in [9.17, 15) is 9.59 Å². The molecule has 1 amide bonds. The largest absolute Gasteiger partial charge is 0.482 e. The number of furan rings is 1. The molecule has 0 atom stereocenters. The fourth-order valence-corrected chi connectivity index (χ4v) is 1.54. The summed E-state index contributed by atoms with van der Waals surface area (Å²) in [6.07, 6.45) is 4.39. The number of carbonyl (C=O) groups is 2. The van der Waals surface area contributed by atoms with Crippen LogP contribution in [0.15, 0.2) is 53.2 Å². The summed E-state index contributed by atoms with van der Waals surface area (Å²) in [7, 11) is 0. The fraction of sp³-hybridized carbons (Fsp3) is 0.0667. The van der Waals surface area contributed by atoms with Crippen LogP contribution < -0.4 is 10.1 Å². The van der Waals surface area contributed by atoms with E-state index in [0.717, 1.165) is 0 Å². The number of anilines is 1. The maximum atomic E-state index is 11.7. The Balaban J connectivity index is 1.94. The van der Waals surface area contributed by atoms with Crippen molar-refractivity contribution in [1.29, 1.82) is 0 Å². The van der Waals surface area contributed by atoms with E-state index in [1.165, 1.54) is 12.3 Å². The summed E-state index contributed by atoms with van der Waals surface area (Å²) in [5, 5.41) is 11.2. The van der Waals surface area contributed by atoms with E-state index in [0.29, 0.717) is 17.2 Å². The van der Waals surface area contributed by atoms with Gasteiger partial charge < -0.3 is 19.6 Å². The molecule has 0 radical (unpaired) electrons. The lowest BCUT2D eigenvalue weighted by atomic mass is 10.3. The van der Waals surface area contributed by atoms with Crippen LogP contribution >= 0.6 is 0 Å². The average molecular weight is 287 g/mol. The third-order valence-electron chi connectivity index (χ3n) is 2.41. The van der Waals surface area contributed by atoms with E-state index < -0.39 is 12.6 Å². The van der Waals surface area contributed by atoms with Crippen molar-refractivity contribution < 1.29 is 23.8 Å². The minimum Gasteiger partial charge on any atom is -0.482 e. The van der Waals surface area contributed by atoms with E-state index in [1.807, 2.05) is 0 Å². The van der Waals surface area contributed by atoms with E-state index >= 15 is 0 Å². The smallest absolute Gasteiger partial charge is 0.341 e. The predicted octanol–water partition coefficient (Wildman–Crippen LogP) is 2.39. The molecule has 2 rings (SSSR count). The van der Waals surface area contributed by atoms with Gasteiger partial charge >= 0.3 is 5.97 Å². The summed E-state index contributed by atoms with van der Waals surface area (Å²) >= 11 is 0. The Labute approximate surface area is 120 Å². The van der Waals surface area contributed by atoms with E-state index in [2.05, 4.69) is 5.32 Å². The molecule has 0 aliphatic heterocycles. The molecule has 108 valence electrons. The van der Waals surface area contributed by atoms with Gasteiger partial charge in [-0.3, -0.25) is 4.79 Å². The third-order valence-corrected chi connectivity index (χ3v) is 2.41. The fourth-order valence-electron chi connectivity index (χ4n) is 1.54. The SMILES string of the molecule is O=C(O)COc1cccc(NC(=O)C=Cc2ccco2)c1. The van der Waals surface area contributed by atoms with Gasteiger partial charge in [0.05, 0.1) is 6.26 Å². The van der Waals surface area contributed by atoms with Gasteiger partial charge in [0.2, 0.25) is 5.91 Å². The van der Waals surface area contributed by atoms with E-state index in [-0.39, 0.29) is 5.91 Å². The molecule has 0 aliphatic rings. The first-order chi connectivity index (χ1) is 10.1. The number of benzene rings is 1. The number of carbonyl (C=O) groups excluding carboxylic acids is 1. The molecule has 0 fully saturated rings. The number of aliphatic carboxylic acids is 1. The minimum absolute atomic E-state index is 0.332. The maximum absolute atomic E-state index is 11.7. The Morgan fingerprint density at radius 2 is 2.14 bits per heavy atom.